The summed E-state index contributed by atoms with van der Waals surface area (Å²) in [7, 11) is 1.25. The van der Waals surface area contributed by atoms with Gasteiger partial charge in [-0.15, -0.1) is 13.2 Å². The zero-order chi connectivity index (χ0) is 22.9. The maximum atomic E-state index is 13.0. The highest BCUT2D eigenvalue weighted by Crippen LogP contribution is 2.20. The molecule has 3 amide bonds. The highest BCUT2D eigenvalue weighted by Gasteiger charge is 2.38. The maximum absolute atomic E-state index is 13.0. The number of nitrogens with zero attached hydrogens (tertiary/aromatic N) is 3. The second-order valence-corrected chi connectivity index (χ2v) is 7.98. The Morgan fingerprint density at radius 2 is 1.67 bits per heavy atom. The summed E-state index contributed by atoms with van der Waals surface area (Å²) in [6, 6.07) is -0.702. The monoisotopic (exact) mass is 423 g/mol. The van der Waals surface area contributed by atoms with E-state index in [1.165, 1.54) is 34.0 Å². The number of carbonyl (C=O) groups excluding carboxylic acids is 4. The lowest BCUT2D eigenvalue weighted by molar-refractivity contribution is -0.150. The summed E-state index contributed by atoms with van der Waals surface area (Å²) in [5.74, 6) is -1.27. The van der Waals surface area contributed by atoms with Crippen molar-refractivity contribution in [2.45, 2.75) is 45.3 Å². The molecule has 1 rings (SSSR count). The molecule has 0 saturated carbocycles. The fourth-order valence-electron chi connectivity index (χ4n) is 3.08. The van der Waals surface area contributed by atoms with Gasteiger partial charge in [-0.05, 0) is 33.6 Å². The molecule has 1 atom stereocenters. The number of rotatable bonds is 9. The maximum Gasteiger partial charge on any atom is 0.411 e. The van der Waals surface area contributed by atoms with E-state index in [0.29, 0.717) is 19.4 Å². The molecule has 1 saturated heterocycles. The first-order valence-corrected chi connectivity index (χ1v) is 9.88. The molecule has 0 aliphatic carbocycles. The molecule has 168 valence electrons. The Labute approximate surface area is 178 Å². The van der Waals surface area contributed by atoms with Crippen LogP contribution in [0.5, 0.6) is 0 Å². The number of amides is 3. The van der Waals surface area contributed by atoms with Gasteiger partial charge in [-0.2, -0.15) is 0 Å². The Morgan fingerprint density at radius 1 is 1.07 bits per heavy atom. The predicted molar refractivity (Wildman–Crippen MR) is 112 cm³/mol. The van der Waals surface area contributed by atoms with Gasteiger partial charge < -0.3 is 19.3 Å². The van der Waals surface area contributed by atoms with Gasteiger partial charge in [0.1, 0.15) is 24.7 Å². The number of ether oxygens (including phenoxy) is 2. The summed E-state index contributed by atoms with van der Waals surface area (Å²) in [5.41, 5.74) is -0.704. The Balaban J connectivity index is 2.91. The van der Waals surface area contributed by atoms with Crippen molar-refractivity contribution in [2.24, 2.45) is 0 Å². The molecule has 0 spiro atoms. The molecule has 1 aliphatic heterocycles. The van der Waals surface area contributed by atoms with Gasteiger partial charge >= 0.3 is 12.1 Å². The lowest BCUT2D eigenvalue weighted by Gasteiger charge is -2.31. The topological polar surface area (TPSA) is 96.5 Å². The van der Waals surface area contributed by atoms with Crippen LogP contribution in [0.3, 0.4) is 0 Å². The summed E-state index contributed by atoms with van der Waals surface area (Å²) in [4.78, 5) is 54.0. The van der Waals surface area contributed by atoms with Crippen LogP contribution in [0.1, 0.15) is 33.6 Å². The third kappa shape index (κ3) is 7.53. The van der Waals surface area contributed by atoms with Gasteiger partial charge in [-0.3, -0.25) is 19.3 Å². The summed E-state index contributed by atoms with van der Waals surface area (Å²) < 4.78 is 9.99. The van der Waals surface area contributed by atoms with Crippen molar-refractivity contribution in [3.05, 3.63) is 25.3 Å². The minimum absolute atomic E-state index is 0.137. The number of hydrogen-bond donors (Lipinski definition) is 0. The number of carbonyl (C=O) groups is 4. The normalized spacial score (nSPS) is 15.9. The van der Waals surface area contributed by atoms with Gasteiger partial charge in [0.05, 0.1) is 7.11 Å². The Bertz CT molecular complexity index is 670. The first-order valence-electron chi connectivity index (χ1n) is 9.88. The summed E-state index contributed by atoms with van der Waals surface area (Å²) >= 11 is 0. The predicted octanol–water partition coefficient (Wildman–Crippen LogP) is 1.59. The highest BCUT2D eigenvalue weighted by atomic mass is 16.6. The fraction of sp³-hybridized carbons (Fsp3) is 0.619. The molecular formula is C21H33N3O6. The molecular weight excluding hydrogens is 390 g/mol. The molecule has 1 heterocycles. The second kappa shape index (κ2) is 11.4. The quantitative estimate of drug-likeness (QED) is 0.413. The molecule has 0 aromatic rings. The van der Waals surface area contributed by atoms with Crippen LogP contribution in [0.4, 0.5) is 4.79 Å². The van der Waals surface area contributed by atoms with Crippen molar-refractivity contribution in [2.75, 3.05) is 39.8 Å². The van der Waals surface area contributed by atoms with Crippen molar-refractivity contribution in [1.82, 2.24) is 14.7 Å². The zero-order valence-electron chi connectivity index (χ0n) is 18.4. The van der Waals surface area contributed by atoms with Crippen molar-refractivity contribution in [3.8, 4) is 0 Å². The minimum atomic E-state index is -0.704. The molecule has 0 N–H and O–H groups in total. The van der Waals surface area contributed by atoms with E-state index in [1.807, 2.05) is 0 Å². The van der Waals surface area contributed by atoms with Crippen molar-refractivity contribution in [1.29, 1.82) is 0 Å². The number of methoxy groups -OCH3 is 1. The summed E-state index contributed by atoms with van der Waals surface area (Å²) in [5, 5.41) is 0. The van der Waals surface area contributed by atoms with E-state index in [1.54, 1.807) is 20.8 Å². The van der Waals surface area contributed by atoms with E-state index in [-0.39, 0.29) is 38.0 Å². The highest BCUT2D eigenvalue weighted by molar-refractivity contribution is 5.91. The molecule has 0 bridgehead atoms. The van der Waals surface area contributed by atoms with Crippen molar-refractivity contribution >= 4 is 23.9 Å². The molecule has 1 aliphatic rings. The minimum Gasteiger partial charge on any atom is -0.468 e. The van der Waals surface area contributed by atoms with Crippen LogP contribution in [0.2, 0.25) is 0 Å². The molecule has 30 heavy (non-hydrogen) atoms. The van der Waals surface area contributed by atoms with Gasteiger partial charge in [0.15, 0.2) is 0 Å². The van der Waals surface area contributed by atoms with Crippen LogP contribution >= 0.6 is 0 Å². The van der Waals surface area contributed by atoms with Crippen molar-refractivity contribution < 1.29 is 28.7 Å². The molecule has 0 aromatic heterocycles. The van der Waals surface area contributed by atoms with E-state index in [9.17, 15) is 19.2 Å². The molecule has 0 radical (unpaired) electrons. The van der Waals surface area contributed by atoms with Crippen molar-refractivity contribution in [3.63, 3.8) is 0 Å². The zero-order valence-corrected chi connectivity index (χ0v) is 18.4. The van der Waals surface area contributed by atoms with Crippen LogP contribution in [0.25, 0.3) is 0 Å². The van der Waals surface area contributed by atoms with E-state index >= 15 is 0 Å². The van der Waals surface area contributed by atoms with Gasteiger partial charge in [-0.1, -0.05) is 12.2 Å². The van der Waals surface area contributed by atoms with E-state index < -0.39 is 23.7 Å². The van der Waals surface area contributed by atoms with Gasteiger partial charge in [0, 0.05) is 19.6 Å². The number of esters is 1. The third-order valence-corrected chi connectivity index (χ3v) is 4.39. The van der Waals surface area contributed by atoms with Crippen LogP contribution in [-0.4, -0.2) is 90.1 Å². The van der Waals surface area contributed by atoms with Crippen LogP contribution < -0.4 is 0 Å². The molecule has 9 heteroatoms. The van der Waals surface area contributed by atoms with Crippen LogP contribution in [-0.2, 0) is 23.9 Å². The van der Waals surface area contributed by atoms with Crippen LogP contribution in [0, 0.1) is 0 Å². The molecule has 0 unspecified atom stereocenters. The number of likely N-dealkylation sites (tertiary alicyclic amines) is 1. The molecule has 1 fully saturated rings. The van der Waals surface area contributed by atoms with Crippen LogP contribution in [0.15, 0.2) is 25.3 Å². The summed E-state index contributed by atoms with van der Waals surface area (Å²) in [6.07, 6.45) is 3.52. The van der Waals surface area contributed by atoms with Gasteiger partial charge in [-0.25, -0.2) is 4.79 Å². The molecule has 9 nitrogen and oxygen atoms in total. The second-order valence-electron chi connectivity index (χ2n) is 7.98. The third-order valence-electron chi connectivity index (χ3n) is 4.39. The molecule has 0 aromatic carbocycles. The van der Waals surface area contributed by atoms with E-state index in [2.05, 4.69) is 17.9 Å². The number of hydrogen-bond acceptors (Lipinski definition) is 6. The smallest absolute Gasteiger partial charge is 0.411 e. The fourth-order valence-corrected chi connectivity index (χ4v) is 3.08. The average molecular weight is 424 g/mol. The average Bonchev–Trinajstić information content (AvgIpc) is 3.15. The lowest BCUT2D eigenvalue weighted by Crippen LogP contribution is -2.52. The first-order chi connectivity index (χ1) is 14.0. The standard InChI is InChI=1S/C21H33N3O6/c1-7-11-22(15-18(26)29-6)19(27)16-10-9-13-24(16)17(25)14-23(12-8-2)20(28)30-21(3,4)5/h7-8,16H,1-2,9-15H2,3-6H3/t16-/m0/s1. The Hall–Kier alpha value is -2.84. The van der Waals surface area contributed by atoms with Gasteiger partial charge in [0.2, 0.25) is 11.8 Å². The van der Waals surface area contributed by atoms with E-state index in [4.69, 9.17) is 4.74 Å². The Morgan fingerprint density at radius 3 is 2.20 bits per heavy atom. The first kappa shape index (κ1) is 25.2. The SMILES string of the molecule is C=CCN(CC(=O)N1CCC[C@H]1C(=O)N(CC=C)CC(=O)OC)C(=O)OC(C)(C)C. The lowest BCUT2D eigenvalue weighted by atomic mass is 10.2. The summed E-state index contributed by atoms with van der Waals surface area (Å²) in [6.45, 7) is 12.7. The Kier molecular flexibility index (Phi) is 9.55. The van der Waals surface area contributed by atoms with Gasteiger partial charge in [0.25, 0.3) is 0 Å². The van der Waals surface area contributed by atoms with E-state index in [0.717, 1.165) is 0 Å². The largest absolute Gasteiger partial charge is 0.468 e.